The SMILES string of the molecule is COC(=O)CCN(C)C(=O)C1(c2cccc(C)c2)CCC1. The van der Waals surface area contributed by atoms with Gasteiger partial charge in [0.25, 0.3) is 0 Å². The van der Waals surface area contributed by atoms with Gasteiger partial charge in [-0.05, 0) is 25.3 Å². The molecule has 21 heavy (non-hydrogen) atoms. The third-order valence-electron chi connectivity index (χ3n) is 4.41. The average molecular weight is 289 g/mol. The number of aryl methyl sites for hydroxylation is 1. The summed E-state index contributed by atoms with van der Waals surface area (Å²) in [5.74, 6) is -0.170. The largest absolute Gasteiger partial charge is 0.469 e. The number of amides is 1. The van der Waals surface area contributed by atoms with Gasteiger partial charge in [0.05, 0.1) is 18.9 Å². The second-order valence-electron chi connectivity index (χ2n) is 5.86. The summed E-state index contributed by atoms with van der Waals surface area (Å²) in [6.45, 7) is 2.44. The van der Waals surface area contributed by atoms with Gasteiger partial charge < -0.3 is 9.64 Å². The molecule has 0 aromatic heterocycles. The maximum absolute atomic E-state index is 12.8. The monoisotopic (exact) mass is 289 g/mol. The van der Waals surface area contributed by atoms with E-state index >= 15 is 0 Å². The van der Waals surface area contributed by atoms with Crippen molar-refractivity contribution in [2.24, 2.45) is 0 Å². The molecule has 1 aliphatic carbocycles. The highest BCUT2D eigenvalue weighted by molar-refractivity contribution is 5.89. The topological polar surface area (TPSA) is 46.6 Å². The van der Waals surface area contributed by atoms with E-state index in [1.54, 1.807) is 11.9 Å². The minimum absolute atomic E-state index is 0.114. The van der Waals surface area contributed by atoms with Crippen LogP contribution in [0.3, 0.4) is 0 Å². The summed E-state index contributed by atoms with van der Waals surface area (Å²) in [5.41, 5.74) is 1.88. The second kappa shape index (κ2) is 6.29. The molecule has 2 rings (SSSR count). The molecule has 0 spiro atoms. The van der Waals surface area contributed by atoms with Gasteiger partial charge in [0, 0.05) is 13.6 Å². The zero-order chi connectivity index (χ0) is 15.5. The van der Waals surface area contributed by atoms with Gasteiger partial charge in [-0.3, -0.25) is 9.59 Å². The van der Waals surface area contributed by atoms with Gasteiger partial charge in [-0.2, -0.15) is 0 Å². The van der Waals surface area contributed by atoms with Crippen LogP contribution >= 0.6 is 0 Å². The summed E-state index contributed by atoms with van der Waals surface area (Å²) in [6.07, 6.45) is 3.09. The van der Waals surface area contributed by atoms with Crippen LogP contribution in [0.1, 0.15) is 36.8 Å². The molecule has 1 amide bonds. The van der Waals surface area contributed by atoms with E-state index in [1.807, 2.05) is 25.1 Å². The van der Waals surface area contributed by atoms with Crippen LogP contribution in [0.4, 0.5) is 0 Å². The van der Waals surface area contributed by atoms with Crippen molar-refractivity contribution in [1.29, 1.82) is 0 Å². The Balaban J connectivity index is 2.13. The third-order valence-corrected chi connectivity index (χ3v) is 4.41. The summed E-state index contributed by atoms with van der Waals surface area (Å²) < 4.78 is 4.63. The second-order valence-corrected chi connectivity index (χ2v) is 5.86. The lowest BCUT2D eigenvalue weighted by Gasteiger charge is -2.43. The first-order valence-electron chi connectivity index (χ1n) is 7.39. The number of carbonyl (C=O) groups excluding carboxylic acids is 2. The minimum atomic E-state index is -0.392. The molecule has 0 atom stereocenters. The van der Waals surface area contributed by atoms with E-state index in [2.05, 4.69) is 10.8 Å². The minimum Gasteiger partial charge on any atom is -0.469 e. The Labute approximate surface area is 126 Å². The molecule has 0 unspecified atom stereocenters. The van der Waals surface area contributed by atoms with Crippen LogP contribution in [0.25, 0.3) is 0 Å². The fraction of sp³-hybridized carbons (Fsp3) is 0.529. The van der Waals surface area contributed by atoms with Gasteiger partial charge in [0.15, 0.2) is 0 Å². The van der Waals surface area contributed by atoms with Crippen molar-refractivity contribution in [3.8, 4) is 0 Å². The number of esters is 1. The van der Waals surface area contributed by atoms with Crippen LogP contribution in [0.5, 0.6) is 0 Å². The van der Waals surface area contributed by atoms with E-state index in [9.17, 15) is 9.59 Å². The van der Waals surface area contributed by atoms with Crippen molar-refractivity contribution in [3.05, 3.63) is 35.4 Å². The first-order valence-corrected chi connectivity index (χ1v) is 7.39. The Morgan fingerprint density at radius 3 is 2.57 bits per heavy atom. The number of rotatable bonds is 5. The number of hydrogen-bond donors (Lipinski definition) is 0. The van der Waals surface area contributed by atoms with Crippen molar-refractivity contribution < 1.29 is 14.3 Å². The van der Waals surface area contributed by atoms with E-state index < -0.39 is 5.41 Å². The highest BCUT2D eigenvalue weighted by Crippen LogP contribution is 2.45. The fourth-order valence-electron chi connectivity index (χ4n) is 2.93. The van der Waals surface area contributed by atoms with Crippen LogP contribution in [-0.4, -0.2) is 37.5 Å². The van der Waals surface area contributed by atoms with Crippen LogP contribution in [-0.2, 0) is 19.7 Å². The lowest BCUT2D eigenvalue weighted by atomic mass is 9.63. The molecule has 0 N–H and O–H groups in total. The lowest BCUT2D eigenvalue weighted by Crippen LogP contribution is -2.50. The molecule has 4 heteroatoms. The number of nitrogens with zero attached hydrogens (tertiary/aromatic N) is 1. The third kappa shape index (κ3) is 3.09. The molecule has 114 valence electrons. The van der Waals surface area contributed by atoms with E-state index in [0.29, 0.717) is 6.54 Å². The van der Waals surface area contributed by atoms with E-state index in [-0.39, 0.29) is 18.3 Å². The summed E-state index contributed by atoms with van der Waals surface area (Å²) >= 11 is 0. The number of benzene rings is 1. The van der Waals surface area contributed by atoms with Crippen molar-refractivity contribution in [2.75, 3.05) is 20.7 Å². The molecule has 0 heterocycles. The van der Waals surface area contributed by atoms with Crippen molar-refractivity contribution in [1.82, 2.24) is 4.90 Å². The maximum Gasteiger partial charge on any atom is 0.307 e. The standard InChI is InChI=1S/C17H23NO3/c1-13-6-4-7-14(12-13)17(9-5-10-17)16(20)18(2)11-8-15(19)21-3/h4,6-7,12H,5,8-11H2,1-3H3. The van der Waals surface area contributed by atoms with Gasteiger partial charge in [-0.15, -0.1) is 0 Å². The maximum atomic E-state index is 12.8. The normalized spacial score (nSPS) is 16.0. The van der Waals surface area contributed by atoms with Gasteiger partial charge in [0.1, 0.15) is 0 Å². The number of methoxy groups -OCH3 is 1. The van der Waals surface area contributed by atoms with Crippen LogP contribution in [0, 0.1) is 6.92 Å². The Morgan fingerprint density at radius 2 is 2.05 bits per heavy atom. The molecule has 0 saturated heterocycles. The Kier molecular flexibility index (Phi) is 4.66. The average Bonchev–Trinajstić information content (AvgIpc) is 2.43. The van der Waals surface area contributed by atoms with E-state index in [4.69, 9.17) is 0 Å². The summed E-state index contributed by atoms with van der Waals surface area (Å²) in [4.78, 5) is 25.7. The number of hydrogen-bond acceptors (Lipinski definition) is 3. The molecule has 1 aliphatic rings. The fourth-order valence-corrected chi connectivity index (χ4v) is 2.93. The molecule has 0 bridgehead atoms. The molecule has 1 aromatic carbocycles. The smallest absolute Gasteiger partial charge is 0.307 e. The van der Waals surface area contributed by atoms with Crippen molar-refractivity contribution in [3.63, 3.8) is 0 Å². The molecule has 0 aliphatic heterocycles. The van der Waals surface area contributed by atoms with E-state index in [0.717, 1.165) is 24.8 Å². The summed E-state index contributed by atoms with van der Waals surface area (Å²) in [5, 5.41) is 0. The molecule has 1 saturated carbocycles. The molecular formula is C17H23NO3. The van der Waals surface area contributed by atoms with Crippen molar-refractivity contribution in [2.45, 2.75) is 38.0 Å². The van der Waals surface area contributed by atoms with Crippen LogP contribution in [0.2, 0.25) is 0 Å². The summed E-state index contributed by atoms with van der Waals surface area (Å²) in [7, 11) is 3.13. The predicted octanol–water partition coefficient (Wildman–Crippen LogP) is 2.44. The molecular weight excluding hydrogens is 266 g/mol. The van der Waals surface area contributed by atoms with Crippen molar-refractivity contribution >= 4 is 11.9 Å². The van der Waals surface area contributed by atoms with E-state index in [1.165, 1.54) is 12.7 Å². The highest BCUT2D eigenvalue weighted by atomic mass is 16.5. The Hall–Kier alpha value is -1.84. The number of ether oxygens (including phenoxy) is 1. The highest BCUT2D eigenvalue weighted by Gasteiger charge is 2.46. The van der Waals surface area contributed by atoms with Crippen LogP contribution in [0.15, 0.2) is 24.3 Å². The number of carbonyl (C=O) groups is 2. The predicted molar refractivity (Wildman–Crippen MR) is 81.0 cm³/mol. The zero-order valence-electron chi connectivity index (χ0n) is 13.0. The number of likely N-dealkylation sites (N-methyl/N-ethyl adjacent to an activating group) is 1. The summed E-state index contributed by atoms with van der Waals surface area (Å²) in [6, 6.07) is 8.19. The van der Waals surface area contributed by atoms with Gasteiger partial charge in [-0.1, -0.05) is 36.2 Å². The molecule has 1 fully saturated rings. The van der Waals surface area contributed by atoms with Gasteiger partial charge >= 0.3 is 5.97 Å². The molecule has 0 radical (unpaired) electrons. The van der Waals surface area contributed by atoms with Crippen LogP contribution < -0.4 is 0 Å². The first kappa shape index (κ1) is 15.5. The van der Waals surface area contributed by atoms with Gasteiger partial charge in [0.2, 0.25) is 5.91 Å². The molecule has 4 nitrogen and oxygen atoms in total. The lowest BCUT2D eigenvalue weighted by molar-refractivity contribution is -0.143. The Morgan fingerprint density at radius 1 is 1.33 bits per heavy atom. The Bertz CT molecular complexity index is 535. The van der Waals surface area contributed by atoms with Gasteiger partial charge in [-0.25, -0.2) is 0 Å². The zero-order valence-corrected chi connectivity index (χ0v) is 13.0. The molecule has 1 aromatic rings. The quantitative estimate of drug-likeness (QED) is 0.782. The first-order chi connectivity index (χ1) is 9.99.